The molecule has 1 heterocycles. The van der Waals surface area contributed by atoms with Crippen LogP contribution in [0.2, 0.25) is 10.0 Å². The van der Waals surface area contributed by atoms with Gasteiger partial charge in [0.2, 0.25) is 0 Å². The van der Waals surface area contributed by atoms with E-state index in [9.17, 15) is 13.6 Å². The van der Waals surface area contributed by atoms with Crippen molar-refractivity contribution in [3.63, 3.8) is 0 Å². The molecule has 0 aliphatic heterocycles. The summed E-state index contributed by atoms with van der Waals surface area (Å²) in [6.07, 6.45) is 1.22. The van der Waals surface area contributed by atoms with Crippen LogP contribution in [0, 0.1) is 11.6 Å². The molecular weight excluding hydrogens is 373 g/mol. The minimum Gasteiger partial charge on any atom is -0.489 e. The second kappa shape index (κ2) is 7.21. The molecule has 8 heteroatoms. The van der Waals surface area contributed by atoms with Crippen molar-refractivity contribution >= 4 is 23.2 Å². The summed E-state index contributed by atoms with van der Waals surface area (Å²) < 4.78 is 33.9. The SMILES string of the molecule is O=c1ccnc(-c2cc(F)c(COc3ccc(Cl)c(Cl)c3)cc2F)[nH]1. The van der Waals surface area contributed by atoms with E-state index >= 15 is 0 Å². The second-order valence-electron chi connectivity index (χ2n) is 5.07. The number of nitrogens with zero attached hydrogens (tertiary/aromatic N) is 1. The highest BCUT2D eigenvalue weighted by atomic mass is 35.5. The van der Waals surface area contributed by atoms with Crippen LogP contribution in [-0.2, 0) is 6.61 Å². The van der Waals surface area contributed by atoms with Crippen molar-refractivity contribution in [3.8, 4) is 17.1 Å². The summed E-state index contributed by atoms with van der Waals surface area (Å²) in [5.74, 6) is -1.11. The number of aromatic nitrogens is 2. The van der Waals surface area contributed by atoms with E-state index in [0.29, 0.717) is 15.8 Å². The standard InChI is InChI=1S/C17H10Cl2F2N2O2/c18-12-2-1-10(6-13(12)19)25-8-9-5-15(21)11(7-14(9)20)17-22-4-3-16(24)23-17/h1-7H,8H2,(H,22,23,24). The van der Waals surface area contributed by atoms with Crippen LogP contribution in [0.25, 0.3) is 11.4 Å². The molecule has 0 fully saturated rings. The summed E-state index contributed by atoms with van der Waals surface area (Å²) in [7, 11) is 0. The number of hydrogen-bond acceptors (Lipinski definition) is 3. The van der Waals surface area contributed by atoms with Crippen LogP contribution in [0.3, 0.4) is 0 Å². The van der Waals surface area contributed by atoms with Gasteiger partial charge in [0, 0.05) is 23.9 Å². The van der Waals surface area contributed by atoms with E-state index in [4.69, 9.17) is 27.9 Å². The molecule has 0 saturated carbocycles. The number of H-pyrrole nitrogens is 1. The van der Waals surface area contributed by atoms with Gasteiger partial charge in [0.1, 0.15) is 29.8 Å². The average molecular weight is 383 g/mol. The Morgan fingerprint density at radius 1 is 1.04 bits per heavy atom. The van der Waals surface area contributed by atoms with Crippen LogP contribution in [-0.4, -0.2) is 9.97 Å². The number of rotatable bonds is 4. The topological polar surface area (TPSA) is 55.0 Å². The molecule has 0 radical (unpaired) electrons. The van der Waals surface area contributed by atoms with Crippen molar-refractivity contribution in [2.45, 2.75) is 6.61 Å². The van der Waals surface area contributed by atoms with Crippen molar-refractivity contribution in [1.29, 1.82) is 0 Å². The van der Waals surface area contributed by atoms with Gasteiger partial charge in [0.25, 0.3) is 5.56 Å². The lowest BCUT2D eigenvalue weighted by atomic mass is 10.1. The number of aromatic amines is 1. The van der Waals surface area contributed by atoms with Crippen molar-refractivity contribution in [1.82, 2.24) is 9.97 Å². The Kier molecular flexibility index (Phi) is 5.01. The second-order valence-corrected chi connectivity index (χ2v) is 5.89. The summed E-state index contributed by atoms with van der Waals surface area (Å²) in [5, 5.41) is 0.653. The lowest BCUT2D eigenvalue weighted by Crippen LogP contribution is -2.07. The van der Waals surface area contributed by atoms with Gasteiger partial charge in [-0.05, 0) is 24.3 Å². The highest BCUT2D eigenvalue weighted by Crippen LogP contribution is 2.28. The zero-order valence-corrected chi connectivity index (χ0v) is 14.0. The van der Waals surface area contributed by atoms with Gasteiger partial charge in [-0.15, -0.1) is 0 Å². The van der Waals surface area contributed by atoms with Crippen molar-refractivity contribution in [3.05, 3.63) is 80.2 Å². The Balaban J connectivity index is 1.84. The Morgan fingerprint density at radius 3 is 2.56 bits per heavy atom. The van der Waals surface area contributed by atoms with E-state index in [2.05, 4.69) is 9.97 Å². The lowest BCUT2D eigenvalue weighted by molar-refractivity contribution is 0.299. The molecule has 0 unspecified atom stereocenters. The minimum atomic E-state index is -0.733. The number of nitrogens with one attached hydrogen (secondary N) is 1. The van der Waals surface area contributed by atoms with Gasteiger partial charge in [-0.3, -0.25) is 4.79 Å². The monoisotopic (exact) mass is 382 g/mol. The predicted molar refractivity (Wildman–Crippen MR) is 91.0 cm³/mol. The first-order valence-corrected chi connectivity index (χ1v) is 7.81. The quantitative estimate of drug-likeness (QED) is 0.717. The van der Waals surface area contributed by atoms with Crippen LogP contribution >= 0.6 is 23.2 Å². The van der Waals surface area contributed by atoms with Gasteiger partial charge < -0.3 is 9.72 Å². The minimum absolute atomic E-state index is 0.00519. The van der Waals surface area contributed by atoms with E-state index in [1.165, 1.54) is 24.4 Å². The number of benzene rings is 2. The molecule has 0 saturated heterocycles. The first-order valence-electron chi connectivity index (χ1n) is 7.05. The normalized spacial score (nSPS) is 10.7. The molecule has 3 aromatic rings. The molecule has 1 aromatic heterocycles. The van der Waals surface area contributed by atoms with Crippen molar-refractivity contribution in [2.75, 3.05) is 0 Å². The summed E-state index contributed by atoms with van der Waals surface area (Å²) in [6.45, 7) is -0.209. The summed E-state index contributed by atoms with van der Waals surface area (Å²) in [4.78, 5) is 17.5. The van der Waals surface area contributed by atoms with Gasteiger partial charge in [-0.1, -0.05) is 23.2 Å². The van der Waals surface area contributed by atoms with Gasteiger partial charge in [0.05, 0.1) is 15.6 Å². The average Bonchev–Trinajstić information content (AvgIpc) is 2.58. The zero-order chi connectivity index (χ0) is 18.0. The Hall–Kier alpha value is -2.44. The maximum absolute atomic E-state index is 14.3. The smallest absolute Gasteiger partial charge is 0.251 e. The molecule has 0 spiro atoms. The molecule has 128 valence electrons. The molecule has 0 aliphatic rings. The summed E-state index contributed by atoms with van der Waals surface area (Å²) in [5.41, 5.74) is -0.601. The van der Waals surface area contributed by atoms with Gasteiger partial charge in [-0.2, -0.15) is 0 Å². The third-order valence-corrected chi connectivity index (χ3v) is 4.09. The van der Waals surface area contributed by atoms with E-state index < -0.39 is 17.2 Å². The molecule has 0 bridgehead atoms. The third kappa shape index (κ3) is 3.97. The van der Waals surface area contributed by atoms with Crippen LogP contribution in [0.1, 0.15) is 5.56 Å². The highest BCUT2D eigenvalue weighted by Gasteiger charge is 2.14. The van der Waals surface area contributed by atoms with E-state index in [1.54, 1.807) is 6.07 Å². The predicted octanol–water partition coefficient (Wildman–Crippen LogP) is 4.60. The maximum atomic E-state index is 14.3. The molecule has 25 heavy (non-hydrogen) atoms. The molecular formula is C17H10Cl2F2N2O2. The Morgan fingerprint density at radius 2 is 1.84 bits per heavy atom. The van der Waals surface area contributed by atoms with Gasteiger partial charge in [0.15, 0.2) is 0 Å². The summed E-state index contributed by atoms with van der Waals surface area (Å²) in [6, 6.07) is 7.71. The fourth-order valence-electron chi connectivity index (χ4n) is 2.11. The van der Waals surface area contributed by atoms with Crippen LogP contribution < -0.4 is 10.3 Å². The third-order valence-electron chi connectivity index (χ3n) is 3.35. The Bertz CT molecular complexity index is 993. The summed E-state index contributed by atoms with van der Waals surface area (Å²) >= 11 is 11.7. The lowest BCUT2D eigenvalue weighted by Gasteiger charge is -2.10. The Labute approximate surface area is 151 Å². The molecule has 0 atom stereocenters. The largest absolute Gasteiger partial charge is 0.489 e. The number of hydrogen-bond donors (Lipinski definition) is 1. The molecule has 2 aromatic carbocycles. The molecule has 0 amide bonds. The first-order chi connectivity index (χ1) is 11.9. The van der Waals surface area contributed by atoms with E-state index in [0.717, 1.165) is 12.1 Å². The molecule has 3 rings (SSSR count). The maximum Gasteiger partial charge on any atom is 0.251 e. The zero-order valence-electron chi connectivity index (χ0n) is 12.5. The van der Waals surface area contributed by atoms with Crippen LogP contribution in [0.5, 0.6) is 5.75 Å². The number of halogens is 4. The first kappa shape index (κ1) is 17.4. The molecule has 1 N–H and O–H groups in total. The molecule has 0 aliphatic carbocycles. The fraction of sp³-hybridized carbons (Fsp3) is 0.0588. The van der Waals surface area contributed by atoms with Gasteiger partial charge in [-0.25, -0.2) is 13.8 Å². The van der Waals surface area contributed by atoms with Crippen molar-refractivity contribution in [2.24, 2.45) is 0 Å². The van der Waals surface area contributed by atoms with Crippen molar-refractivity contribution < 1.29 is 13.5 Å². The highest BCUT2D eigenvalue weighted by molar-refractivity contribution is 6.42. The fourth-order valence-corrected chi connectivity index (χ4v) is 2.40. The molecule has 4 nitrogen and oxygen atoms in total. The van der Waals surface area contributed by atoms with E-state index in [1.807, 2.05) is 0 Å². The van der Waals surface area contributed by atoms with Crippen LogP contribution in [0.15, 0.2) is 47.4 Å². The van der Waals surface area contributed by atoms with Gasteiger partial charge >= 0.3 is 0 Å². The van der Waals surface area contributed by atoms with Crippen LogP contribution in [0.4, 0.5) is 8.78 Å². The number of ether oxygens (including phenoxy) is 1. The van der Waals surface area contributed by atoms with E-state index in [-0.39, 0.29) is 23.6 Å².